The molecule has 7 heteroatoms. The molecule has 2 heterocycles. The molecule has 0 bridgehead atoms. The minimum atomic E-state index is -0.439. The van der Waals surface area contributed by atoms with Gasteiger partial charge < -0.3 is 9.64 Å². The lowest BCUT2D eigenvalue weighted by Gasteiger charge is -2.31. The van der Waals surface area contributed by atoms with E-state index in [0.717, 1.165) is 28.6 Å². The number of likely N-dealkylation sites (tertiary alicyclic amines) is 1. The monoisotopic (exact) mass is 432 g/mol. The molecule has 1 amide bonds. The van der Waals surface area contributed by atoms with Crippen molar-refractivity contribution >= 4 is 39.1 Å². The third-order valence-electron chi connectivity index (χ3n) is 5.37. The topological polar surface area (TPSA) is 42.4 Å². The van der Waals surface area contributed by atoms with Gasteiger partial charge in [0, 0.05) is 36.5 Å². The van der Waals surface area contributed by atoms with Gasteiger partial charge in [-0.3, -0.25) is 4.79 Å². The smallest absolute Gasteiger partial charge is 0.274 e. The first-order chi connectivity index (χ1) is 13.9. The second-order valence-corrected chi connectivity index (χ2v) is 8.80. The normalized spacial score (nSPS) is 15.1. The zero-order valence-corrected chi connectivity index (χ0v) is 17.9. The third-order valence-corrected chi connectivity index (χ3v) is 6.81. The number of carbonyl (C=O) groups excluding carboxylic acids is 1. The van der Waals surface area contributed by atoms with Crippen LogP contribution in [0.25, 0.3) is 10.2 Å². The number of rotatable bonds is 4. The predicted molar refractivity (Wildman–Crippen MR) is 114 cm³/mol. The Hall–Kier alpha value is -2.18. The molecule has 4 rings (SSSR count). The maximum Gasteiger partial charge on any atom is 0.274 e. The van der Waals surface area contributed by atoms with E-state index in [1.807, 2.05) is 0 Å². The van der Waals surface area contributed by atoms with Crippen LogP contribution >= 0.6 is 22.9 Å². The van der Waals surface area contributed by atoms with E-state index >= 15 is 0 Å². The fraction of sp³-hybridized carbons (Fsp3) is 0.364. The number of halogens is 2. The molecular weight excluding hydrogens is 411 g/mol. The largest absolute Gasteiger partial charge is 0.467 e. The Morgan fingerprint density at radius 2 is 1.97 bits per heavy atom. The van der Waals surface area contributed by atoms with E-state index < -0.39 is 5.82 Å². The first-order valence-electron chi connectivity index (χ1n) is 9.66. The molecule has 1 saturated heterocycles. The van der Waals surface area contributed by atoms with Gasteiger partial charge in [-0.2, -0.15) is 0 Å². The van der Waals surface area contributed by atoms with Gasteiger partial charge in [-0.25, -0.2) is 9.37 Å². The van der Waals surface area contributed by atoms with Crippen molar-refractivity contribution in [2.75, 3.05) is 13.1 Å². The average Bonchev–Trinajstić information content (AvgIpc) is 3.13. The van der Waals surface area contributed by atoms with E-state index in [-0.39, 0.29) is 29.0 Å². The molecule has 0 radical (unpaired) electrons. The quantitative estimate of drug-likeness (QED) is 0.560. The van der Waals surface area contributed by atoms with Gasteiger partial charge in [-0.1, -0.05) is 41.1 Å². The van der Waals surface area contributed by atoms with Gasteiger partial charge in [0.25, 0.3) is 5.19 Å². The predicted octanol–water partition coefficient (Wildman–Crippen LogP) is 5.32. The second-order valence-electron chi connectivity index (χ2n) is 7.43. The summed E-state index contributed by atoms with van der Waals surface area (Å²) in [6.45, 7) is 5.30. The summed E-state index contributed by atoms with van der Waals surface area (Å²) in [4.78, 5) is 19.0. The molecule has 0 N–H and O–H groups in total. The van der Waals surface area contributed by atoms with Crippen molar-refractivity contribution in [1.29, 1.82) is 0 Å². The Morgan fingerprint density at radius 1 is 1.24 bits per heavy atom. The fourth-order valence-electron chi connectivity index (χ4n) is 3.62. The number of piperidine rings is 1. The molecule has 4 nitrogen and oxygen atoms in total. The highest BCUT2D eigenvalue weighted by Gasteiger charge is 2.26. The minimum absolute atomic E-state index is 0.0204. The van der Waals surface area contributed by atoms with Crippen LogP contribution in [0.2, 0.25) is 5.02 Å². The second kappa shape index (κ2) is 8.28. The number of thiazole rings is 1. The molecule has 152 valence electrons. The lowest BCUT2D eigenvalue weighted by molar-refractivity contribution is -0.132. The highest BCUT2D eigenvalue weighted by atomic mass is 35.5. The molecule has 1 aromatic heterocycles. The van der Waals surface area contributed by atoms with Gasteiger partial charge in [0.05, 0.1) is 16.6 Å². The van der Waals surface area contributed by atoms with Crippen LogP contribution in [0, 0.1) is 19.7 Å². The average molecular weight is 433 g/mol. The first kappa shape index (κ1) is 20.1. The van der Waals surface area contributed by atoms with Crippen LogP contribution in [0.1, 0.15) is 29.5 Å². The standard InChI is InChI=1S/C22H22ClFN2O2S/c1-13-6-7-14(2)21-20(13)25-22(29-21)28-15-8-10-26(11-9-15)19(27)12-16-17(23)4-3-5-18(16)24/h3-7,15H,8-12H2,1-2H3. The third kappa shape index (κ3) is 4.23. The van der Waals surface area contributed by atoms with E-state index in [1.54, 1.807) is 28.4 Å². The van der Waals surface area contributed by atoms with Gasteiger partial charge in [0.2, 0.25) is 5.91 Å². The van der Waals surface area contributed by atoms with Crippen molar-refractivity contribution in [3.63, 3.8) is 0 Å². The molecule has 29 heavy (non-hydrogen) atoms. The number of ether oxygens (including phenoxy) is 1. The van der Waals surface area contributed by atoms with Gasteiger partial charge in [-0.15, -0.1) is 0 Å². The van der Waals surface area contributed by atoms with E-state index in [2.05, 4.69) is 31.0 Å². The number of hydrogen-bond acceptors (Lipinski definition) is 4. The van der Waals surface area contributed by atoms with E-state index in [1.165, 1.54) is 11.6 Å². The number of hydrogen-bond donors (Lipinski definition) is 0. The van der Waals surface area contributed by atoms with Crippen molar-refractivity contribution in [1.82, 2.24) is 9.88 Å². The fourth-order valence-corrected chi connectivity index (χ4v) is 4.88. The molecule has 0 spiro atoms. The summed E-state index contributed by atoms with van der Waals surface area (Å²) in [6, 6.07) is 8.66. The van der Waals surface area contributed by atoms with Crippen LogP contribution in [0.4, 0.5) is 4.39 Å². The maximum absolute atomic E-state index is 13.9. The summed E-state index contributed by atoms with van der Waals surface area (Å²) in [5, 5.41) is 0.971. The Bertz CT molecular complexity index is 1000. The van der Waals surface area contributed by atoms with Crippen LogP contribution < -0.4 is 4.74 Å². The highest BCUT2D eigenvalue weighted by molar-refractivity contribution is 7.20. The first-order valence-corrected chi connectivity index (χ1v) is 10.9. The molecule has 0 atom stereocenters. The SMILES string of the molecule is Cc1ccc(C)c2sc(OC3CCN(C(=O)Cc4c(F)cccc4Cl)CC3)nc12. The Kier molecular flexibility index (Phi) is 5.74. The number of carbonyl (C=O) groups is 1. The van der Waals surface area contributed by atoms with Crippen molar-refractivity contribution in [2.24, 2.45) is 0 Å². The number of benzene rings is 2. The van der Waals surface area contributed by atoms with Crippen LogP contribution in [0.5, 0.6) is 5.19 Å². The lowest BCUT2D eigenvalue weighted by atomic mass is 10.1. The van der Waals surface area contributed by atoms with Crippen LogP contribution in [0.15, 0.2) is 30.3 Å². The molecule has 0 unspecified atom stereocenters. The summed E-state index contributed by atoms with van der Waals surface area (Å²) in [5.41, 5.74) is 3.60. The minimum Gasteiger partial charge on any atom is -0.467 e. The molecule has 2 aromatic carbocycles. The van der Waals surface area contributed by atoms with Gasteiger partial charge in [0.15, 0.2) is 0 Å². The summed E-state index contributed by atoms with van der Waals surface area (Å²) in [6.07, 6.45) is 1.46. The molecule has 0 aliphatic carbocycles. The molecule has 3 aromatic rings. The maximum atomic E-state index is 13.9. The van der Waals surface area contributed by atoms with Crippen LogP contribution in [-0.4, -0.2) is 35.0 Å². The zero-order chi connectivity index (χ0) is 20.5. The van der Waals surface area contributed by atoms with E-state index in [9.17, 15) is 9.18 Å². The summed E-state index contributed by atoms with van der Waals surface area (Å²) < 4.78 is 21.2. The Balaban J connectivity index is 1.37. The van der Waals surface area contributed by atoms with Crippen LogP contribution in [0.3, 0.4) is 0 Å². The van der Waals surface area contributed by atoms with Crippen molar-refractivity contribution in [3.05, 3.63) is 57.9 Å². The number of fused-ring (bicyclic) bond motifs is 1. The molecular formula is C22H22ClFN2O2S. The number of aryl methyl sites for hydroxylation is 2. The van der Waals surface area contributed by atoms with Crippen molar-refractivity contribution < 1.29 is 13.9 Å². The van der Waals surface area contributed by atoms with Crippen molar-refractivity contribution in [3.8, 4) is 5.19 Å². The highest BCUT2D eigenvalue weighted by Crippen LogP contribution is 2.33. The Labute approximate surface area is 178 Å². The van der Waals surface area contributed by atoms with Gasteiger partial charge in [-0.05, 0) is 37.1 Å². The molecule has 1 fully saturated rings. The lowest BCUT2D eigenvalue weighted by Crippen LogP contribution is -2.42. The Morgan fingerprint density at radius 3 is 2.66 bits per heavy atom. The van der Waals surface area contributed by atoms with Crippen LogP contribution in [-0.2, 0) is 11.2 Å². The molecule has 0 saturated carbocycles. The molecule has 1 aliphatic rings. The van der Waals surface area contributed by atoms with E-state index in [4.69, 9.17) is 16.3 Å². The van der Waals surface area contributed by atoms with E-state index in [0.29, 0.717) is 18.3 Å². The van der Waals surface area contributed by atoms with Gasteiger partial charge >= 0.3 is 0 Å². The molecule has 1 aliphatic heterocycles. The number of aromatic nitrogens is 1. The number of amides is 1. The summed E-state index contributed by atoms with van der Waals surface area (Å²) >= 11 is 7.62. The van der Waals surface area contributed by atoms with Crippen molar-refractivity contribution in [2.45, 2.75) is 39.2 Å². The summed E-state index contributed by atoms with van der Waals surface area (Å²) in [5.74, 6) is -0.549. The summed E-state index contributed by atoms with van der Waals surface area (Å²) in [7, 11) is 0. The zero-order valence-electron chi connectivity index (χ0n) is 16.4. The van der Waals surface area contributed by atoms with Gasteiger partial charge in [0.1, 0.15) is 11.9 Å². The number of nitrogens with zero attached hydrogens (tertiary/aromatic N) is 2.